The molecule has 7 nitrogen and oxygen atoms in total. The molecule has 174 valence electrons. The predicted molar refractivity (Wildman–Crippen MR) is 134 cm³/mol. The number of anilines is 1. The van der Waals surface area contributed by atoms with Gasteiger partial charge in [-0.2, -0.15) is 0 Å². The number of para-hydroxylation sites is 1. The average Bonchev–Trinajstić information content (AvgIpc) is 3.29. The summed E-state index contributed by atoms with van der Waals surface area (Å²) in [6, 6.07) is 15.3. The third-order valence-corrected chi connectivity index (χ3v) is 5.96. The van der Waals surface area contributed by atoms with Gasteiger partial charge in [-0.1, -0.05) is 36.7 Å². The Kier molecular flexibility index (Phi) is 7.12. The van der Waals surface area contributed by atoms with E-state index < -0.39 is 5.97 Å². The van der Waals surface area contributed by atoms with Gasteiger partial charge in [-0.05, 0) is 66.7 Å². The topological polar surface area (TPSA) is 92.0 Å². The van der Waals surface area contributed by atoms with Crippen molar-refractivity contribution < 1.29 is 23.8 Å². The number of carbonyl (C=O) groups is 2. The summed E-state index contributed by atoms with van der Waals surface area (Å²) in [6.07, 6.45) is 2.33. The van der Waals surface area contributed by atoms with E-state index >= 15 is 0 Å². The molecule has 2 aromatic carbocycles. The Labute approximate surface area is 206 Å². The van der Waals surface area contributed by atoms with Crippen LogP contribution in [0.4, 0.5) is 5.69 Å². The molecule has 1 aliphatic heterocycles. The van der Waals surface area contributed by atoms with Crippen molar-refractivity contribution in [2.45, 2.75) is 13.3 Å². The fraction of sp³-hybridized carbons (Fsp3) is 0.160. The van der Waals surface area contributed by atoms with Gasteiger partial charge in [0.1, 0.15) is 18.3 Å². The van der Waals surface area contributed by atoms with Crippen LogP contribution in [0, 0.1) is 0 Å². The molecule has 0 bridgehead atoms. The third-order valence-electron chi connectivity index (χ3n) is 5.30. The van der Waals surface area contributed by atoms with Gasteiger partial charge < -0.3 is 19.6 Å². The Morgan fingerprint density at radius 3 is 2.79 bits per heavy atom. The maximum Gasteiger partial charge on any atom is 0.335 e. The summed E-state index contributed by atoms with van der Waals surface area (Å²) in [7, 11) is 0. The minimum atomic E-state index is -1.07. The van der Waals surface area contributed by atoms with Crippen molar-refractivity contribution in [1.82, 2.24) is 5.32 Å². The molecule has 0 aliphatic carbocycles. The first-order valence-corrected chi connectivity index (χ1v) is 11.3. The lowest BCUT2D eigenvalue weighted by atomic mass is 10.1. The largest absolute Gasteiger partial charge is 0.478 e. The minimum absolute atomic E-state index is 0.0462. The quantitative estimate of drug-likeness (QED) is 0.373. The smallest absolute Gasteiger partial charge is 0.335 e. The number of carbonyl (C=O) groups excluding carboxylic acids is 1. The molecule has 1 saturated heterocycles. The summed E-state index contributed by atoms with van der Waals surface area (Å²) in [4.78, 5) is 26.4. The average molecular weight is 497 g/mol. The number of aryl methyl sites for hydroxylation is 1. The molecule has 0 atom stereocenters. The van der Waals surface area contributed by atoms with Crippen molar-refractivity contribution in [3.05, 3.63) is 82.1 Å². The molecule has 9 heteroatoms. The number of amides is 1. The number of furan rings is 1. The van der Waals surface area contributed by atoms with Crippen LogP contribution < -0.4 is 10.2 Å². The van der Waals surface area contributed by atoms with E-state index in [0.717, 1.165) is 12.0 Å². The van der Waals surface area contributed by atoms with Gasteiger partial charge in [0.05, 0.1) is 22.9 Å². The number of rotatable bonds is 5. The number of carboxylic acids is 1. The van der Waals surface area contributed by atoms with Crippen LogP contribution in [-0.4, -0.2) is 35.4 Å². The van der Waals surface area contributed by atoms with E-state index in [0.29, 0.717) is 33.4 Å². The Bertz CT molecular complexity index is 1300. The van der Waals surface area contributed by atoms with Crippen molar-refractivity contribution in [3.8, 4) is 11.3 Å². The molecule has 0 saturated carbocycles. The molecular formula is C25H21ClN2O5S. The number of carboxylic acid groups (broad SMARTS) is 1. The highest BCUT2D eigenvalue weighted by Gasteiger charge is 2.27. The van der Waals surface area contributed by atoms with E-state index in [1.165, 1.54) is 23.1 Å². The van der Waals surface area contributed by atoms with Crippen molar-refractivity contribution in [3.63, 3.8) is 0 Å². The van der Waals surface area contributed by atoms with Crippen LogP contribution in [0.5, 0.6) is 0 Å². The third kappa shape index (κ3) is 4.89. The number of nitrogens with zero attached hydrogens (tertiary/aromatic N) is 1. The van der Waals surface area contributed by atoms with Gasteiger partial charge in [-0.15, -0.1) is 0 Å². The van der Waals surface area contributed by atoms with Gasteiger partial charge in [-0.25, -0.2) is 4.79 Å². The molecule has 4 rings (SSSR count). The molecule has 0 spiro atoms. The monoisotopic (exact) mass is 496 g/mol. The second kappa shape index (κ2) is 10.2. The van der Waals surface area contributed by atoms with Gasteiger partial charge in [0.25, 0.3) is 5.91 Å². The summed E-state index contributed by atoms with van der Waals surface area (Å²) in [6.45, 7) is 2.21. The number of hydrogen-bond donors (Lipinski definition) is 2. The van der Waals surface area contributed by atoms with Crippen LogP contribution in [0.25, 0.3) is 17.4 Å². The zero-order chi connectivity index (χ0) is 24.2. The Morgan fingerprint density at radius 2 is 2.03 bits per heavy atom. The SMILES string of the molecule is CCc1ccccc1N1C(=O)/C(=C/c2ccc(-c3cc(C(=O)O)ccc3Cl)o2)COCNC1=S. The summed E-state index contributed by atoms with van der Waals surface area (Å²) >= 11 is 11.7. The van der Waals surface area contributed by atoms with Crippen LogP contribution in [0.15, 0.2) is 64.6 Å². The molecule has 1 amide bonds. The zero-order valence-electron chi connectivity index (χ0n) is 18.2. The van der Waals surface area contributed by atoms with E-state index in [-0.39, 0.29) is 29.9 Å². The van der Waals surface area contributed by atoms with E-state index in [9.17, 15) is 14.7 Å². The Morgan fingerprint density at radius 1 is 1.24 bits per heavy atom. The second-order valence-corrected chi connectivity index (χ2v) is 8.26. The fourth-order valence-corrected chi connectivity index (χ4v) is 4.05. The summed E-state index contributed by atoms with van der Waals surface area (Å²) in [5, 5.41) is 12.8. The van der Waals surface area contributed by atoms with E-state index in [1.54, 1.807) is 18.2 Å². The molecule has 0 radical (unpaired) electrons. The number of nitrogens with one attached hydrogen (secondary N) is 1. The molecule has 1 aromatic heterocycles. The molecular weight excluding hydrogens is 476 g/mol. The molecule has 0 unspecified atom stereocenters. The summed E-state index contributed by atoms with van der Waals surface area (Å²) in [5.74, 6) is -0.630. The first kappa shape index (κ1) is 23.7. The number of thiocarbonyl (C=S) groups is 1. The summed E-state index contributed by atoms with van der Waals surface area (Å²) in [5.41, 5.74) is 2.56. The van der Waals surface area contributed by atoms with Crippen molar-refractivity contribution >= 4 is 52.6 Å². The molecule has 34 heavy (non-hydrogen) atoms. The lowest BCUT2D eigenvalue weighted by Gasteiger charge is -2.29. The fourth-order valence-electron chi connectivity index (χ4n) is 3.59. The standard InChI is InChI=1S/C25H21ClN2O5S/c1-2-15-5-3-4-6-21(15)28-23(29)17(13-32-14-27-25(28)34)11-18-8-10-22(33-18)19-12-16(24(30)31)7-9-20(19)26/h3-12H,2,13-14H2,1H3,(H,27,34)(H,30,31)/b17-11+. The van der Waals surface area contributed by atoms with Crippen molar-refractivity contribution in [2.24, 2.45) is 0 Å². The van der Waals surface area contributed by atoms with Gasteiger partial charge in [0.15, 0.2) is 5.11 Å². The first-order chi connectivity index (χ1) is 16.4. The molecule has 1 fully saturated rings. The van der Waals surface area contributed by atoms with E-state index in [2.05, 4.69) is 5.32 Å². The van der Waals surface area contributed by atoms with E-state index in [1.807, 2.05) is 31.2 Å². The van der Waals surface area contributed by atoms with Gasteiger partial charge in [-0.3, -0.25) is 9.69 Å². The molecule has 2 heterocycles. The van der Waals surface area contributed by atoms with Crippen LogP contribution in [-0.2, 0) is 16.0 Å². The highest BCUT2D eigenvalue weighted by atomic mass is 35.5. The van der Waals surface area contributed by atoms with Crippen LogP contribution in [0.1, 0.15) is 28.6 Å². The zero-order valence-corrected chi connectivity index (χ0v) is 19.8. The number of hydrogen-bond acceptors (Lipinski definition) is 5. The molecule has 1 aliphatic rings. The minimum Gasteiger partial charge on any atom is -0.478 e. The maximum atomic E-state index is 13.6. The second-order valence-electron chi connectivity index (χ2n) is 7.47. The van der Waals surface area contributed by atoms with Gasteiger partial charge >= 0.3 is 5.97 Å². The van der Waals surface area contributed by atoms with Crippen LogP contribution in [0.3, 0.4) is 0 Å². The highest BCUT2D eigenvalue weighted by molar-refractivity contribution is 7.80. The number of aromatic carboxylic acids is 1. The first-order valence-electron chi connectivity index (χ1n) is 10.5. The van der Waals surface area contributed by atoms with Crippen LogP contribution >= 0.6 is 23.8 Å². The lowest BCUT2D eigenvalue weighted by molar-refractivity contribution is -0.115. The van der Waals surface area contributed by atoms with Crippen LogP contribution in [0.2, 0.25) is 5.02 Å². The molecule has 2 N–H and O–H groups in total. The van der Waals surface area contributed by atoms with Crippen molar-refractivity contribution in [1.29, 1.82) is 0 Å². The molecule has 3 aromatic rings. The van der Waals surface area contributed by atoms with E-state index in [4.69, 9.17) is 33.0 Å². The Balaban J connectivity index is 1.70. The normalized spacial score (nSPS) is 15.7. The lowest BCUT2D eigenvalue weighted by Crippen LogP contribution is -2.48. The number of ether oxygens (including phenoxy) is 1. The van der Waals surface area contributed by atoms with Crippen molar-refractivity contribution in [2.75, 3.05) is 18.2 Å². The highest BCUT2D eigenvalue weighted by Crippen LogP contribution is 2.31. The van der Waals surface area contributed by atoms with Gasteiger partial charge in [0, 0.05) is 11.1 Å². The maximum absolute atomic E-state index is 13.6. The predicted octanol–water partition coefficient (Wildman–Crippen LogP) is 5.14. The van der Waals surface area contributed by atoms with Gasteiger partial charge in [0.2, 0.25) is 0 Å². The number of halogens is 1. The Hall–Kier alpha value is -3.46. The number of benzene rings is 2. The summed E-state index contributed by atoms with van der Waals surface area (Å²) < 4.78 is 11.4.